The molecule has 5 rings (SSSR count). The monoisotopic (exact) mass is 416 g/mol. The molecule has 4 nitrogen and oxygen atoms in total. The highest BCUT2D eigenvalue weighted by Gasteiger charge is 2.42. The van der Waals surface area contributed by atoms with Gasteiger partial charge in [-0.25, -0.2) is 4.58 Å². The molecule has 0 saturated carbocycles. The van der Waals surface area contributed by atoms with E-state index in [1.165, 1.54) is 45.8 Å². The largest absolute Gasteiger partial charge is 0.550 e. The Kier molecular flexibility index (Phi) is 4.66. The van der Waals surface area contributed by atoms with E-state index in [1.54, 1.807) is 0 Å². The second-order valence-corrected chi connectivity index (χ2v) is 12.8. The number of fused-ring (bicyclic) bond motifs is 2. The first-order valence-corrected chi connectivity index (χ1v) is 13.6. The first-order chi connectivity index (χ1) is 14.5. The lowest BCUT2D eigenvalue weighted by Gasteiger charge is -2.40. The van der Waals surface area contributed by atoms with Crippen molar-refractivity contribution in [1.82, 2.24) is 0 Å². The number of anilines is 1. The van der Waals surface area contributed by atoms with Crippen molar-refractivity contribution in [2.24, 2.45) is 0 Å². The number of carboxylic acid groups (broad SMARTS) is 1. The SMILES string of the molecule is C=C[Si]1(C)C2=CC(=[N+]3CCC3)C=CC2=C(CCC(=O)[O-])c2ccc(N3CCC3)cc21. The van der Waals surface area contributed by atoms with Crippen molar-refractivity contribution in [3.63, 3.8) is 0 Å². The summed E-state index contributed by atoms with van der Waals surface area (Å²) in [6, 6.07) is 6.78. The number of rotatable bonds is 5. The molecule has 154 valence electrons. The molecule has 1 atom stereocenters. The van der Waals surface area contributed by atoms with Crippen LogP contribution in [0, 0.1) is 0 Å². The van der Waals surface area contributed by atoms with Crippen LogP contribution in [-0.2, 0) is 4.79 Å². The summed E-state index contributed by atoms with van der Waals surface area (Å²) >= 11 is 0. The maximum atomic E-state index is 11.3. The van der Waals surface area contributed by atoms with Crippen molar-refractivity contribution in [1.29, 1.82) is 0 Å². The van der Waals surface area contributed by atoms with Gasteiger partial charge in [-0.1, -0.05) is 18.3 Å². The molecule has 1 aliphatic carbocycles. The minimum Gasteiger partial charge on any atom is -0.550 e. The lowest BCUT2D eigenvalue weighted by molar-refractivity contribution is -0.582. The van der Waals surface area contributed by atoms with E-state index in [-0.39, 0.29) is 6.42 Å². The summed E-state index contributed by atoms with van der Waals surface area (Å²) in [6.07, 6.45) is 9.82. The van der Waals surface area contributed by atoms with Gasteiger partial charge in [0.05, 0.1) is 6.42 Å². The highest BCUT2D eigenvalue weighted by atomic mass is 28.3. The van der Waals surface area contributed by atoms with Crippen molar-refractivity contribution in [2.75, 3.05) is 31.1 Å². The smallest absolute Gasteiger partial charge is 0.199 e. The minimum absolute atomic E-state index is 0.0440. The maximum Gasteiger partial charge on any atom is 0.199 e. The normalized spacial score (nSPS) is 24.6. The Bertz CT molecular complexity index is 1070. The van der Waals surface area contributed by atoms with E-state index in [0.717, 1.165) is 31.8 Å². The van der Waals surface area contributed by atoms with Crippen molar-refractivity contribution in [3.05, 3.63) is 65.0 Å². The molecule has 1 aromatic carbocycles. The molecule has 1 aromatic rings. The van der Waals surface area contributed by atoms with Crippen molar-refractivity contribution >= 4 is 36.2 Å². The van der Waals surface area contributed by atoms with Gasteiger partial charge in [0.2, 0.25) is 0 Å². The van der Waals surface area contributed by atoms with Gasteiger partial charge < -0.3 is 14.8 Å². The van der Waals surface area contributed by atoms with E-state index in [1.807, 2.05) is 0 Å². The van der Waals surface area contributed by atoms with E-state index in [0.29, 0.717) is 6.42 Å². The molecule has 2 saturated heterocycles. The van der Waals surface area contributed by atoms with Gasteiger partial charge in [-0.2, -0.15) is 0 Å². The van der Waals surface area contributed by atoms with Crippen molar-refractivity contribution in [3.8, 4) is 0 Å². The summed E-state index contributed by atoms with van der Waals surface area (Å²) in [7, 11) is -2.16. The van der Waals surface area contributed by atoms with Crippen LogP contribution < -0.4 is 15.2 Å². The van der Waals surface area contributed by atoms with E-state index in [4.69, 9.17) is 0 Å². The van der Waals surface area contributed by atoms with Gasteiger partial charge in [0.15, 0.2) is 5.71 Å². The third-order valence-electron chi connectivity index (χ3n) is 7.21. The summed E-state index contributed by atoms with van der Waals surface area (Å²) < 4.78 is 2.42. The summed E-state index contributed by atoms with van der Waals surface area (Å²) in [5, 5.41) is 14.0. The fraction of sp³-hybridized carbons (Fsp3) is 0.360. The average Bonchev–Trinajstić information content (AvgIpc) is 2.65. The Morgan fingerprint density at radius 1 is 1.27 bits per heavy atom. The first kappa shape index (κ1) is 19.3. The minimum atomic E-state index is -2.16. The summed E-state index contributed by atoms with van der Waals surface area (Å²) in [5.74, 6) is -0.991. The Morgan fingerprint density at radius 3 is 2.67 bits per heavy atom. The van der Waals surface area contributed by atoms with Crippen LogP contribution >= 0.6 is 0 Å². The Balaban J connectivity index is 1.71. The predicted molar refractivity (Wildman–Crippen MR) is 123 cm³/mol. The topological polar surface area (TPSA) is 46.4 Å². The molecule has 0 bridgehead atoms. The number of carbonyl (C=O) groups is 1. The zero-order valence-electron chi connectivity index (χ0n) is 17.6. The van der Waals surface area contributed by atoms with Crippen LogP contribution in [0.1, 0.15) is 31.2 Å². The molecule has 0 aromatic heterocycles. The zero-order valence-corrected chi connectivity index (χ0v) is 18.6. The molecule has 0 radical (unpaired) electrons. The number of hydrogen-bond donors (Lipinski definition) is 0. The number of carboxylic acids is 1. The summed E-state index contributed by atoms with van der Waals surface area (Å²) in [4.78, 5) is 13.7. The Hall–Kier alpha value is -2.66. The maximum absolute atomic E-state index is 11.3. The summed E-state index contributed by atoms with van der Waals surface area (Å²) in [5.41, 5.74) is 8.31. The van der Waals surface area contributed by atoms with Gasteiger partial charge in [-0.3, -0.25) is 0 Å². The molecule has 30 heavy (non-hydrogen) atoms. The molecule has 0 N–H and O–H groups in total. The van der Waals surface area contributed by atoms with E-state index < -0.39 is 14.0 Å². The Morgan fingerprint density at radius 2 is 2.07 bits per heavy atom. The number of aliphatic carboxylic acids is 1. The van der Waals surface area contributed by atoms with Crippen molar-refractivity contribution in [2.45, 2.75) is 32.2 Å². The third kappa shape index (κ3) is 2.95. The molecule has 0 spiro atoms. The van der Waals surface area contributed by atoms with Crippen LogP contribution in [0.5, 0.6) is 0 Å². The van der Waals surface area contributed by atoms with Crippen LogP contribution in [0.2, 0.25) is 6.55 Å². The highest BCUT2D eigenvalue weighted by Crippen LogP contribution is 2.41. The molecular formula is C25H28N2O2Si. The van der Waals surface area contributed by atoms with E-state index in [9.17, 15) is 9.90 Å². The van der Waals surface area contributed by atoms with Gasteiger partial charge in [0.1, 0.15) is 21.2 Å². The van der Waals surface area contributed by atoms with Gasteiger partial charge in [-0.15, -0.1) is 6.58 Å². The lowest BCUT2D eigenvalue weighted by Crippen LogP contribution is -2.51. The van der Waals surface area contributed by atoms with Crippen LogP contribution in [0.3, 0.4) is 0 Å². The molecule has 0 amide bonds. The second-order valence-electron chi connectivity index (χ2n) is 8.90. The molecule has 1 unspecified atom stereocenters. The van der Waals surface area contributed by atoms with Crippen LogP contribution in [-0.4, -0.2) is 50.5 Å². The molecule has 4 aliphatic rings. The van der Waals surface area contributed by atoms with Crippen LogP contribution in [0.25, 0.3) is 5.57 Å². The molecule has 5 heteroatoms. The molecule has 2 fully saturated rings. The fourth-order valence-corrected chi connectivity index (χ4v) is 8.21. The number of carbonyl (C=O) groups excluding carboxylic acids is 1. The van der Waals surface area contributed by atoms with Crippen LogP contribution in [0.15, 0.2) is 59.5 Å². The quantitative estimate of drug-likeness (QED) is 0.546. The average molecular weight is 417 g/mol. The molecule has 3 aliphatic heterocycles. The number of benzene rings is 1. The van der Waals surface area contributed by atoms with Gasteiger partial charge in [-0.05, 0) is 64.6 Å². The fourth-order valence-electron chi connectivity index (χ4n) is 5.00. The number of hydrogen-bond acceptors (Lipinski definition) is 3. The van der Waals surface area contributed by atoms with E-state index >= 15 is 0 Å². The first-order valence-electron chi connectivity index (χ1n) is 11.0. The standard InChI is InChI=1S/C25H28N2O2Si/c1-3-30(2)23-16-18(26-12-4-13-26)6-8-21(23)20(10-11-25(28)29)22-9-7-19(17-24(22)30)27-14-5-15-27/h3,6-9,16-17H,1,4-5,10-15H2,2H3. The predicted octanol–water partition coefficient (Wildman–Crippen LogP) is 2.10. The second kappa shape index (κ2) is 7.24. The Labute approximate surface area is 179 Å². The lowest BCUT2D eigenvalue weighted by atomic mass is 9.91. The summed E-state index contributed by atoms with van der Waals surface area (Å²) in [6.45, 7) is 11.1. The van der Waals surface area contributed by atoms with Crippen LogP contribution in [0.4, 0.5) is 5.69 Å². The van der Waals surface area contributed by atoms with Gasteiger partial charge in [0.25, 0.3) is 0 Å². The highest BCUT2D eigenvalue weighted by molar-refractivity contribution is 7.02. The number of nitrogens with zero attached hydrogens (tertiary/aromatic N) is 2. The molecule has 3 heterocycles. The van der Waals surface area contributed by atoms with Crippen molar-refractivity contribution < 1.29 is 14.5 Å². The van der Waals surface area contributed by atoms with E-state index in [2.05, 4.69) is 64.7 Å². The van der Waals surface area contributed by atoms with Gasteiger partial charge in [0, 0.05) is 36.9 Å². The third-order valence-corrected chi connectivity index (χ3v) is 11.1. The number of allylic oxidation sites excluding steroid dienone is 6. The molecular weight excluding hydrogens is 388 g/mol. The van der Waals surface area contributed by atoms with Gasteiger partial charge >= 0.3 is 0 Å². The zero-order chi connectivity index (χ0) is 20.9.